The normalized spacial score (nSPS) is 22.6. The van der Waals surface area contributed by atoms with Crippen LogP contribution < -0.4 is 4.74 Å². The summed E-state index contributed by atoms with van der Waals surface area (Å²) in [6, 6.07) is 11.3. The van der Waals surface area contributed by atoms with Gasteiger partial charge in [-0.05, 0) is 24.2 Å². The maximum atomic E-state index is 7.03. The minimum atomic E-state index is -2.72. The fraction of sp³-hybridized carbons (Fsp3) is 0.613. The molecule has 0 saturated carbocycles. The van der Waals surface area contributed by atoms with Crippen molar-refractivity contribution in [2.24, 2.45) is 0 Å². The molecule has 2 aliphatic rings. The lowest BCUT2D eigenvalue weighted by Crippen LogP contribution is -2.65. The standard InChI is InChI=1S/C31H45BrClN3O5Si2/c1-30(2,3)43(31(4,5)6)39-18-24-27(41-43)25(17-38-24)40-29-35-28-23(36(29)19-37-14-15-42(7,8)9)16-22(33)26(34-28)20-10-12-21(32)13-11-20/h10-13,16,24-25,27H,14-15,17-19H2,1-9H3/t24-,25-,27-/m1/s1. The first-order valence-electron chi connectivity index (χ1n) is 15.0. The van der Waals surface area contributed by atoms with Crippen LogP contribution in [0.25, 0.3) is 22.4 Å². The SMILES string of the molecule is CC(C)(C)[Si]1(C(C)(C)C)OC[C@H]2OC[C@@H](Oc3nc4nc(-c5ccc(Br)cc5)c(Cl)cc4n3COCC[Si](C)(C)C)[C@@H]2O1. The molecule has 3 atom stereocenters. The second-order valence-electron chi connectivity index (χ2n) is 14.9. The molecule has 0 radical (unpaired) electrons. The Bertz CT molecular complexity index is 1440. The van der Waals surface area contributed by atoms with Crippen molar-refractivity contribution < 1.29 is 23.1 Å². The van der Waals surface area contributed by atoms with Crippen LogP contribution in [0.4, 0.5) is 0 Å². The van der Waals surface area contributed by atoms with Crippen molar-refractivity contribution in [3.8, 4) is 17.3 Å². The lowest BCUT2D eigenvalue weighted by Gasteiger charge is -2.53. The van der Waals surface area contributed by atoms with Crippen LogP contribution in [0.2, 0.25) is 40.8 Å². The molecule has 43 heavy (non-hydrogen) atoms. The molecule has 0 unspecified atom stereocenters. The van der Waals surface area contributed by atoms with E-state index in [-0.39, 0.29) is 35.1 Å². The van der Waals surface area contributed by atoms with Crippen molar-refractivity contribution in [3.63, 3.8) is 0 Å². The number of benzene rings is 1. The van der Waals surface area contributed by atoms with E-state index in [2.05, 4.69) is 77.1 Å². The lowest BCUT2D eigenvalue weighted by molar-refractivity contribution is -0.0660. The monoisotopic (exact) mass is 709 g/mol. The number of imidazole rings is 1. The molecule has 5 rings (SSSR count). The van der Waals surface area contributed by atoms with Gasteiger partial charge in [0.2, 0.25) is 0 Å². The zero-order valence-electron chi connectivity index (χ0n) is 26.8. The predicted molar refractivity (Wildman–Crippen MR) is 180 cm³/mol. The van der Waals surface area contributed by atoms with E-state index >= 15 is 0 Å². The molecule has 12 heteroatoms. The number of rotatable bonds is 8. The average Bonchev–Trinajstić information content (AvgIpc) is 3.45. The summed E-state index contributed by atoms with van der Waals surface area (Å²) < 4.78 is 35.6. The molecule has 2 saturated heterocycles. The van der Waals surface area contributed by atoms with E-state index in [4.69, 9.17) is 44.6 Å². The van der Waals surface area contributed by atoms with Crippen molar-refractivity contribution in [3.05, 3.63) is 39.8 Å². The largest absolute Gasteiger partial charge is 0.456 e. The van der Waals surface area contributed by atoms with E-state index in [1.165, 1.54) is 0 Å². The first kappa shape index (κ1) is 33.1. The summed E-state index contributed by atoms with van der Waals surface area (Å²) in [6.07, 6.45) is -0.822. The summed E-state index contributed by atoms with van der Waals surface area (Å²) in [4.78, 5) is 9.76. The van der Waals surface area contributed by atoms with Crippen LogP contribution in [-0.4, -0.2) is 69.3 Å². The number of halogens is 2. The Hall–Kier alpha value is -1.32. The van der Waals surface area contributed by atoms with Gasteiger partial charge in [-0.2, -0.15) is 4.98 Å². The molecule has 0 bridgehead atoms. The van der Waals surface area contributed by atoms with Crippen molar-refractivity contribution in [1.29, 1.82) is 0 Å². The van der Waals surface area contributed by atoms with Crippen LogP contribution in [0.15, 0.2) is 34.8 Å². The van der Waals surface area contributed by atoms with Crippen LogP contribution in [-0.2, 0) is 25.1 Å². The number of aromatic nitrogens is 3. The fourth-order valence-corrected chi connectivity index (χ4v) is 12.3. The molecule has 0 N–H and O–H groups in total. The van der Waals surface area contributed by atoms with Gasteiger partial charge >= 0.3 is 14.6 Å². The van der Waals surface area contributed by atoms with Crippen LogP contribution in [0.1, 0.15) is 41.5 Å². The number of hydrogen-bond donors (Lipinski definition) is 0. The van der Waals surface area contributed by atoms with Gasteiger partial charge in [0.05, 0.1) is 29.4 Å². The summed E-state index contributed by atoms with van der Waals surface area (Å²) >= 11 is 10.3. The molecule has 0 amide bonds. The van der Waals surface area contributed by atoms with Gasteiger partial charge in [-0.15, -0.1) is 0 Å². The van der Waals surface area contributed by atoms with E-state index < -0.39 is 16.6 Å². The molecule has 0 aliphatic carbocycles. The van der Waals surface area contributed by atoms with Gasteiger partial charge < -0.3 is 23.1 Å². The van der Waals surface area contributed by atoms with Gasteiger partial charge in [0, 0.05) is 34.8 Å². The van der Waals surface area contributed by atoms with Gasteiger partial charge in [0.25, 0.3) is 0 Å². The van der Waals surface area contributed by atoms with Gasteiger partial charge in [-0.1, -0.05) is 101 Å². The highest BCUT2D eigenvalue weighted by Crippen LogP contribution is 2.55. The van der Waals surface area contributed by atoms with Crippen LogP contribution >= 0.6 is 27.5 Å². The summed E-state index contributed by atoms with van der Waals surface area (Å²) in [6.45, 7) is 22.1. The van der Waals surface area contributed by atoms with E-state index in [1.54, 1.807) is 0 Å². The molecule has 0 spiro atoms. The lowest BCUT2D eigenvalue weighted by atomic mass is 10.1. The quantitative estimate of drug-likeness (QED) is 0.172. The second kappa shape index (κ2) is 12.1. The van der Waals surface area contributed by atoms with Crippen molar-refractivity contribution in [2.45, 2.75) is 102 Å². The van der Waals surface area contributed by atoms with Crippen LogP contribution in [0, 0.1) is 0 Å². The Balaban J connectivity index is 1.49. The highest BCUT2D eigenvalue weighted by molar-refractivity contribution is 9.10. The van der Waals surface area contributed by atoms with E-state index in [9.17, 15) is 0 Å². The first-order chi connectivity index (χ1) is 20.0. The highest BCUT2D eigenvalue weighted by atomic mass is 79.9. The summed E-state index contributed by atoms with van der Waals surface area (Å²) in [5.41, 5.74) is 2.88. The zero-order chi connectivity index (χ0) is 31.4. The topological polar surface area (TPSA) is 76.9 Å². The number of fused-ring (bicyclic) bond motifs is 2. The van der Waals surface area contributed by atoms with Crippen LogP contribution in [0.3, 0.4) is 0 Å². The van der Waals surface area contributed by atoms with Crippen molar-refractivity contribution in [2.75, 3.05) is 19.8 Å². The zero-order valence-corrected chi connectivity index (χ0v) is 31.1. The van der Waals surface area contributed by atoms with Crippen molar-refractivity contribution in [1.82, 2.24) is 14.5 Å². The summed E-state index contributed by atoms with van der Waals surface area (Å²) in [7, 11) is -3.98. The number of nitrogens with zero attached hydrogens (tertiary/aromatic N) is 3. The third kappa shape index (κ3) is 6.79. The fourth-order valence-electron chi connectivity index (χ4n) is 6.08. The molecule has 236 valence electrons. The first-order valence-corrected chi connectivity index (χ1v) is 21.7. The molecule has 2 fully saturated rings. The van der Waals surface area contributed by atoms with Crippen molar-refractivity contribution >= 4 is 55.3 Å². The van der Waals surface area contributed by atoms with E-state index in [0.29, 0.717) is 42.2 Å². The molecule has 3 aromatic rings. The van der Waals surface area contributed by atoms with E-state index in [0.717, 1.165) is 21.6 Å². The minimum absolute atomic E-state index is 0.148. The Morgan fingerprint density at radius 1 is 1.05 bits per heavy atom. The molecule has 2 aromatic heterocycles. The third-order valence-electron chi connectivity index (χ3n) is 8.19. The Morgan fingerprint density at radius 3 is 2.35 bits per heavy atom. The van der Waals surface area contributed by atoms with Gasteiger partial charge in [0.15, 0.2) is 11.8 Å². The molecule has 2 aliphatic heterocycles. The Labute approximate surface area is 271 Å². The average molecular weight is 711 g/mol. The number of pyridine rings is 1. The van der Waals surface area contributed by atoms with E-state index in [1.807, 2.05) is 34.9 Å². The second-order valence-corrected chi connectivity index (χ2v) is 26.6. The smallest absolute Gasteiger partial charge is 0.349 e. The van der Waals surface area contributed by atoms with Gasteiger partial charge in [0.1, 0.15) is 18.9 Å². The maximum absolute atomic E-state index is 7.03. The molecule has 8 nitrogen and oxygen atoms in total. The summed E-state index contributed by atoms with van der Waals surface area (Å²) in [5.74, 6) is 0. The van der Waals surface area contributed by atoms with Gasteiger partial charge in [-0.25, -0.2) is 4.98 Å². The molecule has 4 heterocycles. The maximum Gasteiger partial charge on any atom is 0.349 e. The highest BCUT2D eigenvalue weighted by Gasteiger charge is 2.64. The molecular weight excluding hydrogens is 666 g/mol. The number of ether oxygens (including phenoxy) is 3. The number of hydrogen-bond acceptors (Lipinski definition) is 7. The van der Waals surface area contributed by atoms with Gasteiger partial charge in [-0.3, -0.25) is 4.57 Å². The third-order valence-corrected chi connectivity index (χ3v) is 15.8. The predicted octanol–water partition coefficient (Wildman–Crippen LogP) is 8.43. The van der Waals surface area contributed by atoms with Crippen LogP contribution in [0.5, 0.6) is 6.01 Å². The minimum Gasteiger partial charge on any atom is -0.456 e. The molecular formula is C31H45BrClN3O5Si2. The Morgan fingerprint density at radius 2 is 1.72 bits per heavy atom. The summed E-state index contributed by atoms with van der Waals surface area (Å²) in [5, 5.41) is 0.239. The Kier molecular flexibility index (Phi) is 9.32. The molecule has 1 aromatic carbocycles.